The third-order valence-electron chi connectivity index (χ3n) is 4.42. The molecule has 0 saturated carbocycles. The van der Waals surface area contributed by atoms with E-state index in [1.807, 2.05) is 58.0 Å². The lowest BCUT2D eigenvalue weighted by molar-refractivity contribution is -0.124. The van der Waals surface area contributed by atoms with Crippen molar-refractivity contribution in [3.63, 3.8) is 0 Å². The van der Waals surface area contributed by atoms with Gasteiger partial charge in [0.1, 0.15) is 0 Å². The maximum atomic E-state index is 12.1. The Morgan fingerprint density at radius 3 is 2.55 bits per heavy atom. The number of hydrogen-bond acceptors (Lipinski definition) is 6. The van der Waals surface area contributed by atoms with Crippen molar-refractivity contribution < 1.29 is 14.3 Å². The van der Waals surface area contributed by atoms with E-state index in [2.05, 4.69) is 20.9 Å². The molecule has 0 saturated heterocycles. The lowest BCUT2D eigenvalue weighted by Gasteiger charge is -2.21. The minimum absolute atomic E-state index is 0.143. The van der Waals surface area contributed by atoms with Crippen molar-refractivity contribution in [2.75, 3.05) is 18.6 Å². The summed E-state index contributed by atoms with van der Waals surface area (Å²) in [5, 5.41) is 10.4. The second-order valence-electron chi connectivity index (χ2n) is 8.30. The standard InChI is InChI=1S/C23H28ClN5O3S/c1-5-31-18-11-16(17(24)12-19(18)32-14-20(30)26-23(2,3)4)13-25-29-21(27-28-22(29)33)15-9-7-6-8-10-15/h6-12,25H,5,13-14H2,1-4H3,(H,26,30)(H,28,33). The van der Waals surface area contributed by atoms with E-state index in [0.29, 0.717) is 40.3 Å². The van der Waals surface area contributed by atoms with Gasteiger partial charge in [0.25, 0.3) is 5.91 Å². The summed E-state index contributed by atoms with van der Waals surface area (Å²) >= 11 is 11.9. The number of H-pyrrole nitrogens is 1. The first-order valence-electron chi connectivity index (χ1n) is 10.5. The van der Waals surface area contributed by atoms with Crippen LogP contribution in [0.4, 0.5) is 0 Å². The summed E-state index contributed by atoms with van der Waals surface area (Å²) in [7, 11) is 0. The van der Waals surface area contributed by atoms with E-state index in [9.17, 15) is 4.79 Å². The van der Waals surface area contributed by atoms with Gasteiger partial charge in [0.2, 0.25) is 4.77 Å². The molecule has 3 aromatic rings. The number of rotatable bonds is 9. The molecule has 2 aromatic carbocycles. The monoisotopic (exact) mass is 489 g/mol. The van der Waals surface area contributed by atoms with Crippen molar-refractivity contribution >= 4 is 29.7 Å². The van der Waals surface area contributed by atoms with Gasteiger partial charge in [0.15, 0.2) is 23.9 Å². The summed E-state index contributed by atoms with van der Waals surface area (Å²) in [4.78, 5) is 12.1. The average Bonchev–Trinajstić information content (AvgIpc) is 3.12. The van der Waals surface area contributed by atoms with E-state index < -0.39 is 0 Å². The number of nitrogens with one attached hydrogen (secondary N) is 3. The fourth-order valence-corrected chi connectivity index (χ4v) is 3.50. The van der Waals surface area contributed by atoms with Crippen LogP contribution in [-0.4, -0.2) is 39.5 Å². The smallest absolute Gasteiger partial charge is 0.258 e. The maximum Gasteiger partial charge on any atom is 0.258 e. The predicted molar refractivity (Wildman–Crippen MR) is 132 cm³/mol. The summed E-state index contributed by atoms with van der Waals surface area (Å²) in [5.41, 5.74) is 4.60. The van der Waals surface area contributed by atoms with Crippen LogP contribution in [0.3, 0.4) is 0 Å². The lowest BCUT2D eigenvalue weighted by Crippen LogP contribution is -2.43. The summed E-state index contributed by atoms with van der Waals surface area (Å²) in [6, 6.07) is 13.2. The third-order valence-corrected chi connectivity index (χ3v) is 5.04. The Morgan fingerprint density at radius 2 is 1.88 bits per heavy atom. The number of nitrogens with zero attached hydrogens (tertiary/aromatic N) is 2. The molecular formula is C23H28ClN5O3S. The molecule has 0 spiro atoms. The van der Waals surface area contributed by atoms with E-state index in [1.54, 1.807) is 16.8 Å². The molecule has 0 aliphatic heterocycles. The normalized spacial score (nSPS) is 11.2. The van der Waals surface area contributed by atoms with Crippen LogP contribution >= 0.6 is 23.8 Å². The highest BCUT2D eigenvalue weighted by Crippen LogP contribution is 2.34. The van der Waals surface area contributed by atoms with E-state index in [-0.39, 0.29) is 18.1 Å². The van der Waals surface area contributed by atoms with Crippen LogP contribution in [0.5, 0.6) is 11.5 Å². The SMILES string of the molecule is CCOc1cc(CNn2c(-c3ccccc3)n[nH]c2=S)c(Cl)cc1OCC(=O)NC(C)(C)C. The van der Waals surface area contributed by atoms with Crippen molar-refractivity contribution in [1.82, 2.24) is 20.2 Å². The third kappa shape index (κ3) is 6.72. The molecule has 0 aliphatic rings. The van der Waals surface area contributed by atoms with Gasteiger partial charge in [-0.3, -0.25) is 4.79 Å². The number of halogens is 1. The molecule has 1 aromatic heterocycles. The van der Waals surface area contributed by atoms with E-state index in [0.717, 1.165) is 11.1 Å². The maximum absolute atomic E-state index is 12.1. The highest BCUT2D eigenvalue weighted by molar-refractivity contribution is 7.71. The minimum Gasteiger partial charge on any atom is -0.490 e. The van der Waals surface area contributed by atoms with E-state index in [1.165, 1.54) is 0 Å². The molecule has 176 valence electrons. The molecule has 0 aliphatic carbocycles. The first-order valence-corrected chi connectivity index (χ1v) is 11.3. The molecule has 1 amide bonds. The van der Waals surface area contributed by atoms with Crippen molar-refractivity contribution in [3.05, 3.63) is 57.8 Å². The minimum atomic E-state index is -0.344. The van der Waals surface area contributed by atoms with Gasteiger partial charge in [-0.25, -0.2) is 9.77 Å². The number of aromatic amines is 1. The molecule has 0 unspecified atom stereocenters. The van der Waals surface area contributed by atoms with Gasteiger partial charge in [-0.05, 0) is 51.5 Å². The summed E-state index contributed by atoms with van der Waals surface area (Å²) < 4.78 is 13.6. The van der Waals surface area contributed by atoms with Crippen LogP contribution in [0.15, 0.2) is 42.5 Å². The molecule has 1 heterocycles. The molecule has 0 radical (unpaired) electrons. The first kappa shape index (κ1) is 24.6. The topological polar surface area (TPSA) is 93.2 Å². The number of hydrogen-bond donors (Lipinski definition) is 3. The Bertz CT molecular complexity index is 1160. The zero-order valence-electron chi connectivity index (χ0n) is 19.1. The first-order chi connectivity index (χ1) is 15.7. The number of carbonyl (C=O) groups is 1. The Kier molecular flexibility index (Phi) is 7.99. The van der Waals surface area contributed by atoms with Crippen LogP contribution in [0.1, 0.15) is 33.3 Å². The Balaban J connectivity index is 1.77. The quantitative estimate of drug-likeness (QED) is 0.377. The number of aromatic nitrogens is 3. The Morgan fingerprint density at radius 1 is 1.18 bits per heavy atom. The Hall–Kier alpha value is -3.04. The summed E-state index contributed by atoms with van der Waals surface area (Å²) in [6.07, 6.45) is 0. The number of amides is 1. The van der Waals surface area contributed by atoms with Crippen LogP contribution in [0.25, 0.3) is 11.4 Å². The van der Waals surface area contributed by atoms with E-state index >= 15 is 0 Å². The van der Waals surface area contributed by atoms with Crippen molar-refractivity contribution in [2.45, 2.75) is 39.8 Å². The van der Waals surface area contributed by atoms with Gasteiger partial charge >= 0.3 is 0 Å². The zero-order chi connectivity index (χ0) is 24.0. The van der Waals surface area contributed by atoms with Gasteiger partial charge in [0.05, 0.1) is 13.2 Å². The summed E-state index contributed by atoms with van der Waals surface area (Å²) in [5.74, 6) is 1.34. The molecule has 10 heteroatoms. The van der Waals surface area contributed by atoms with Crippen LogP contribution < -0.4 is 20.2 Å². The van der Waals surface area contributed by atoms with Gasteiger partial charge in [-0.1, -0.05) is 41.9 Å². The predicted octanol–water partition coefficient (Wildman–Crippen LogP) is 4.70. The molecule has 3 rings (SSSR count). The molecule has 0 bridgehead atoms. The average molecular weight is 490 g/mol. The number of benzene rings is 2. The second-order valence-corrected chi connectivity index (χ2v) is 9.09. The highest BCUT2D eigenvalue weighted by atomic mass is 35.5. The zero-order valence-corrected chi connectivity index (χ0v) is 20.6. The summed E-state index contributed by atoms with van der Waals surface area (Å²) in [6.45, 7) is 8.25. The van der Waals surface area contributed by atoms with E-state index in [4.69, 9.17) is 33.3 Å². The molecule has 8 nitrogen and oxygen atoms in total. The van der Waals surface area contributed by atoms with Crippen LogP contribution in [0, 0.1) is 4.77 Å². The molecule has 0 fully saturated rings. The Labute approximate surface area is 203 Å². The fraction of sp³-hybridized carbons (Fsp3) is 0.348. The van der Waals surface area contributed by atoms with Crippen LogP contribution in [0.2, 0.25) is 5.02 Å². The van der Waals surface area contributed by atoms with Gasteiger partial charge in [-0.15, -0.1) is 0 Å². The molecular weight excluding hydrogens is 462 g/mol. The molecule has 0 atom stereocenters. The van der Waals surface area contributed by atoms with Crippen molar-refractivity contribution in [1.29, 1.82) is 0 Å². The largest absolute Gasteiger partial charge is 0.490 e. The lowest BCUT2D eigenvalue weighted by atomic mass is 10.1. The van der Waals surface area contributed by atoms with Gasteiger partial charge < -0.3 is 20.2 Å². The van der Waals surface area contributed by atoms with Crippen LogP contribution in [-0.2, 0) is 11.3 Å². The van der Waals surface area contributed by atoms with Crippen molar-refractivity contribution in [3.8, 4) is 22.9 Å². The molecule has 3 N–H and O–H groups in total. The van der Waals surface area contributed by atoms with Gasteiger partial charge in [-0.2, -0.15) is 5.10 Å². The van der Waals surface area contributed by atoms with Crippen molar-refractivity contribution in [2.24, 2.45) is 0 Å². The molecule has 33 heavy (non-hydrogen) atoms. The number of ether oxygens (including phenoxy) is 2. The second kappa shape index (κ2) is 10.7. The fourth-order valence-electron chi connectivity index (χ4n) is 3.08. The highest BCUT2D eigenvalue weighted by Gasteiger charge is 2.17. The van der Waals surface area contributed by atoms with Gasteiger partial charge in [0, 0.05) is 22.2 Å². The number of carbonyl (C=O) groups excluding carboxylic acids is 1.